The first-order chi connectivity index (χ1) is 8.73. The quantitative estimate of drug-likeness (QED) is 0.417. The van der Waals surface area contributed by atoms with Crippen molar-refractivity contribution in [2.45, 2.75) is 46.6 Å². The molecule has 2 atom stereocenters. The predicted octanol–water partition coefficient (Wildman–Crippen LogP) is 3.22. The zero-order valence-corrected chi connectivity index (χ0v) is 14.6. The molecular formula is C14H24INO3. The second-order valence-electron chi connectivity index (χ2n) is 6.40. The van der Waals surface area contributed by atoms with Gasteiger partial charge in [-0.1, -0.05) is 50.3 Å². The first kappa shape index (κ1) is 16.7. The minimum absolute atomic E-state index is 0.107. The predicted molar refractivity (Wildman–Crippen MR) is 84.9 cm³/mol. The molecule has 0 saturated carbocycles. The highest BCUT2D eigenvalue weighted by Gasteiger charge is 2.39. The van der Waals surface area contributed by atoms with Crippen LogP contribution in [0.2, 0.25) is 0 Å². The average Bonchev–Trinajstić information content (AvgIpc) is 2.85. The maximum Gasteiger partial charge on any atom is 0.305 e. The normalized spacial score (nSPS) is 22.4. The summed E-state index contributed by atoms with van der Waals surface area (Å²) in [5.74, 6) is 0.618. The minimum Gasteiger partial charge on any atom is -0.478 e. The van der Waals surface area contributed by atoms with Crippen molar-refractivity contribution in [3.63, 3.8) is 0 Å². The molecule has 1 aliphatic rings. The number of alkyl halides is 1. The van der Waals surface area contributed by atoms with Crippen LogP contribution in [-0.4, -0.2) is 36.1 Å². The maximum atomic E-state index is 11.3. The standard InChI is InChI=1S/C14H24INO3/c1-13(2,3)10-8-19-12(16-10)14(4,9-15)7-6-11(17)18-5/h10H,6-9H2,1-5H3/t10-,14?/m1/s1. The van der Waals surface area contributed by atoms with Crippen molar-refractivity contribution in [1.82, 2.24) is 0 Å². The maximum absolute atomic E-state index is 11.3. The van der Waals surface area contributed by atoms with Crippen LogP contribution >= 0.6 is 22.6 Å². The molecule has 1 unspecified atom stereocenters. The number of hydrogen-bond donors (Lipinski definition) is 0. The van der Waals surface area contributed by atoms with E-state index in [0.717, 1.165) is 10.3 Å². The minimum atomic E-state index is -0.186. The number of carbonyl (C=O) groups excluding carboxylic acids is 1. The molecule has 19 heavy (non-hydrogen) atoms. The molecule has 0 saturated heterocycles. The Hall–Kier alpha value is -0.330. The van der Waals surface area contributed by atoms with Crippen LogP contribution in [0.3, 0.4) is 0 Å². The third-order valence-corrected chi connectivity index (χ3v) is 5.25. The molecule has 5 heteroatoms. The Morgan fingerprint density at radius 3 is 2.53 bits per heavy atom. The van der Waals surface area contributed by atoms with Gasteiger partial charge < -0.3 is 9.47 Å². The number of halogens is 1. The summed E-state index contributed by atoms with van der Waals surface area (Å²) < 4.78 is 11.4. The molecule has 110 valence electrons. The number of rotatable bonds is 5. The summed E-state index contributed by atoms with van der Waals surface area (Å²) in [6.07, 6.45) is 1.11. The van der Waals surface area contributed by atoms with Crippen LogP contribution in [-0.2, 0) is 14.3 Å². The lowest BCUT2D eigenvalue weighted by Crippen LogP contribution is -2.30. The fourth-order valence-electron chi connectivity index (χ4n) is 1.86. The monoisotopic (exact) mass is 381 g/mol. The SMILES string of the molecule is COC(=O)CCC(C)(CI)C1=N[C@@H](C(C)(C)C)CO1. The van der Waals surface area contributed by atoms with Gasteiger partial charge in [0.1, 0.15) is 6.61 Å². The van der Waals surface area contributed by atoms with Gasteiger partial charge >= 0.3 is 5.97 Å². The highest BCUT2D eigenvalue weighted by molar-refractivity contribution is 14.1. The third kappa shape index (κ3) is 4.33. The topological polar surface area (TPSA) is 47.9 Å². The van der Waals surface area contributed by atoms with Gasteiger partial charge in [-0.05, 0) is 11.8 Å². The highest BCUT2D eigenvalue weighted by atomic mass is 127. The van der Waals surface area contributed by atoms with E-state index in [1.165, 1.54) is 7.11 Å². The molecule has 1 aliphatic heterocycles. The van der Waals surface area contributed by atoms with E-state index in [-0.39, 0.29) is 22.8 Å². The summed E-state index contributed by atoms with van der Waals surface area (Å²) in [6, 6.07) is 0.197. The molecule has 0 fully saturated rings. The second-order valence-corrected chi connectivity index (χ2v) is 7.16. The molecule has 0 aromatic rings. The number of ether oxygens (including phenoxy) is 2. The molecule has 1 heterocycles. The van der Waals surface area contributed by atoms with Crippen molar-refractivity contribution >= 4 is 34.5 Å². The van der Waals surface area contributed by atoms with Crippen LogP contribution in [0, 0.1) is 10.8 Å². The Balaban J connectivity index is 2.77. The molecule has 0 spiro atoms. The van der Waals surface area contributed by atoms with E-state index in [2.05, 4.69) is 50.3 Å². The van der Waals surface area contributed by atoms with Crippen LogP contribution < -0.4 is 0 Å². The summed E-state index contributed by atoms with van der Waals surface area (Å²) in [4.78, 5) is 16.1. The van der Waals surface area contributed by atoms with Crippen molar-refractivity contribution in [2.75, 3.05) is 18.1 Å². The molecule has 0 bridgehead atoms. The van der Waals surface area contributed by atoms with Crippen molar-refractivity contribution in [1.29, 1.82) is 0 Å². The van der Waals surface area contributed by atoms with Crippen molar-refractivity contribution in [3.05, 3.63) is 0 Å². The van der Waals surface area contributed by atoms with E-state index in [0.29, 0.717) is 19.4 Å². The van der Waals surface area contributed by atoms with Crippen molar-refractivity contribution < 1.29 is 14.3 Å². The fourth-order valence-corrected chi connectivity index (χ4v) is 2.57. The molecule has 0 amide bonds. The zero-order chi connectivity index (χ0) is 14.7. The summed E-state index contributed by atoms with van der Waals surface area (Å²) in [6.45, 7) is 9.26. The molecule has 0 radical (unpaired) electrons. The van der Waals surface area contributed by atoms with Gasteiger partial charge in [0.2, 0.25) is 0 Å². The van der Waals surface area contributed by atoms with Gasteiger partial charge in [-0.3, -0.25) is 4.79 Å². The number of hydrogen-bond acceptors (Lipinski definition) is 4. The molecule has 0 N–H and O–H groups in total. The molecule has 4 nitrogen and oxygen atoms in total. The first-order valence-electron chi connectivity index (χ1n) is 6.57. The summed E-state index contributed by atoms with van der Waals surface area (Å²) in [7, 11) is 1.42. The molecule has 0 aromatic carbocycles. The Morgan fingerprint density at radius 1 is 1.47 bits per heavy atom. The van der Waals surface area contributed by atoms with Gasteiger partial charge in [0, 0.05) is 10.8 Å². The van der Waals surface area contributed by atoms with E-state index >= 15 is 0 Å². The lowest BCUT2D eigenvalue weighted by molar-refractivity contribution is -0.141. The molecule has 1 rings (SSSR count). The Kier molecular flexibility index (Phi) is 5.65. The number of nitrogens with zero attached hydrogens (tertiary/aromatic N) is 1. The van der Waals surface area contributed by atoms with Gasteiger partial charge in [-0.15, -0.1) is 0 Å². The summed E-state index contributed by atoms with van der Waals surface area (Å²) in [5.41, 5.74) is -0.0783. The van der Waals surface area contributed by atoms with Crippen LogP contribution in [0.1, 0.15) is 40.5 Å². The number of esters is 1. The van der Waals surface area contributed by atoms with Gasteiger partial charge in [0.25, 0.3) is 0 Å². The average molecular weight is 381 g/mol. The van der Waals surface area contributed by atoms with Crippen LogP contribution in [0.4, 0.5) is 0 Å². The number of aliphatic imine (C=N–C) groups is 1. The van der Waals surface area contributed by atoms with Crippen molar-refractivity contribution in [2.24, 2.45) is 15.8 Å². The lowest BCUT2D eigenvalue weighted by atomic mass is 9.86. The van der Waals surface area contributed by atoms with E-state index in [1.807, 2.05) is 0 Å². The Labute approximate surface area is 129 Å². The summed E-state index contributed by atoms with van der Waals surface area (Å²) in [5, 5.41) is 0. The van der Waals surface area contributed by atoms with E-state index in [9.17, 15) is 4.79 Å². The number of carbonyl (C=O) groups is 1. The van der Waals surface area contributed by atoms with Crippen molar-refractivity contribution in [3.8, 4) is 0 Å². The fraction of sp³-hybridized carbons (Fsp3) is 0.857. The smallest absolute Gasteiger partial charge is 0.305 e. The van der Waals surface area contributed by atoms with E-state index in [4.69, 9.17) is 14.5 Å². The largest absolute Gasteiger partial charge is 0.478 e. The van der Waals surface area contributed by atoms with E-state index < -0.39 is 0 Å². The molecule has 0 aromatic heterocycles. The molecule has 0 aliphatic carbocycles. The van der Waals surface area contributed by atoms with Crippen LogP contribution in [0.15, 0.2) is 4.99 Å². The van der Waals surface area contributed by atoms with Gasteiger partial charge in [0.05, 0.1) is 18.6 Å². The summed E-state index contributed by atoms with van der Waals surface area (Å²) >= 11 is 2.33. The van der Waals surface area contributed by atoms with Crippen LogP contribution in [0.25, 0.3) is 0 Å². The van der Waals surface area contributed by atoms with Gasteiger partial charge in [-0.25, -0.2) is 4.99 Å². The van der Waals surface area contributed by atoms with E-state index in [1.54, 1.807) is 0 Å². The zero-order valence-electron chi connectivity index (χ0n) is 12.5. The third-order valence-electron chi connectivity index (χ3n) is 3.57. The Morgan fingerprint density at radius 2 is 2.11 bits per heavy atom. The van der Waals surface area contributed by atoms with Gasteiger partial charge in [0.15, 0.2) is 5.90 Å². The van der Waals surface area contributed by atoms with Crippen LogP contribution in [0.5, 0.6) is 0 Å². The lowest BCUT2D eigenvalue weighted by Gasteiger charge is -2.26. The first-order valence-corrected chi connectivity index (χ1v) is 8.09. The van der Waals surface area contributed by atoms with Gasteiger partial charge in [-0.2, -0.15) is 0 Å². The number of methoxy groups -OCH3 is 1. The Bertz CT molecular complexity index is 362. The molecular weight excluding hydrogens is 357 g/mol. The second kappa shape index (κ2) is 6.41. The highest BCUT2D eigenvalue weighted by Crippen LogP contribution is 2.35.